The number of carbonyl (C=O) groups excluding carboxylic acids is 1. The fraction of sp³-hybridized carbons (Fsp3) is 0.485. The van der Waals surface area contributed by atoms with Crippen LogP contribution in [0.1, 0.15) is 90.2 Å². The second kappa shape index (κ2) is 19.1. The Morgan fingerprint density at radius 1 is 0.881 bits per heavy atom. The van der Waals surface area contributed by atoms with Crippen LogP contribution in [0.15, 0.2) is 87.4 Å². The number of Topliss-reactive ketones (excluding diaryl/α,β-unsaturated/α-hetero) is 1. The molecule has 1 aliphatic heterocycles. The van der Waals surface area contributed by atoms with Crippen LogP contribution in [0, 0.1) is 0 Å². The molecule has 1 aromatic heterocycles. The average molecular weight is 634 g/mol. The lowest BCUT2D eigenvalue weighted by atomic mass is 10.1. The number of rotatable bonds is 19. The summed E-state index contributed by atoms with van der Waals surface area (Å²) in [4.78, 5) is 12.4. The van der Waals surface area contributed by atoms with Gasteiger partial charge in [-0.15, -0.1) is 11.3 Å². The highest BCUT2D eigenvalue weighted by Gasteiger charge is 2.39. The van der Waals surface area contributed by atoms with Gasteiger partial charge in [-0.3, -0.25) is 4.79 Å². The van der Waals surface area contributed by atoms with E-state index in [1.165, 1.54) is 6.07 Å². The van der Waals surface area contributed by atoms with Crippen LogP contribution in [0.3, 0.4) is 0 Å². The van der Waals surface area contributed by atoms with Gasteiger partial charge in [0, 0.05) is 12.5 Å². The van der Waals surface area contributed by atoms with E-state index < -0.39 is 30.7 Å². The molecule has 0 aromatic carbocycles. The van der Waals surface area contributed by atoms with E-state index in [4.69, 9.17) is 0 Å². The Morgan fingerprint density at radius 2 is 1.38 bits per heavy atom. The van der Waals surface area contributed by atoms with Gasteiger partial charge in [-0.2, -0.15) is 0 Å². The fourth-order valence-corrected chi connectivity index (χ4v) is 9.80. The van der Waals surface area contributed by atoms with E-state index in [1.54, 1.807) is 6.92 Å². The van der Waals surface area contributed by atoms with Crippen molar-refractivity contribution in [2.24, 2.45) is 0 Å². The quantitative estimate of drug-likeness (QED) is 0.156. The predicted octanol–water partition coefficient (Wildman–Crippen LogP) is 7.79. The fourth-order valence-electron chi connectivity index (χ4n) is 4.43. The van der Waals surface area contributed by atoms with E-state index in [1.807, 2.05) is 19.1 Å². The molecule has 2 atom stereocenters. The first-order valence-electron chi connectivity index (χ1n) is 14.9. The minimum atomic E-state index is -3.91. The molecule has 2 heterocycles. The molecule has 0 aliphatic carbocycles. The maximum Gasteiger partial charge on any atom is 0.194 e. The third-order valence-electron chi connectivity index (χ3n) is 6.73. The maximum atomic E-state index is 13.0. The van der Waals surface area contributed by atoms with Crippen LogP contribution in [0.25, 0.3) is 0 Å². The molecule has 0 saturated carbocycles. The van der Waals surface area contributed by atoms with Crippen LogP contribution in [-0.2, 0) is 24.5 Å². The monoisotopic (exact) mass is 633 g/mol. The summed E-state index contributed by atoms with van der Waals surface area (Å²) >= 11 is 0.774. The first-order chi connectivity index (χ1) is 20.1. The largest absolute Gasteiger partial charge is 0.310 e. The second-order valence-electron chi connectivity index (χ2n) is 10.3. The summed E-state index contributed by atoms with van der Waals surface area (Å²) in [6.07, 6.45) is 31.9. The number of fused-ring (bicyclic) bond motifs is 1. The lowest BCUT2D eigenvalue weighted by molar-refractivity contribution is -0.116. The second-order valence-corrected chi connectivity index (χ2v) is 16.1. The zero-order valence-electron chi connectivity index (χ0n) is 25.2. The Bertz CT molecular complexity index is 1380. The molecule has 0 fully saturated rings. The molecule has 0 amide bonds. The van der Waals surface area contributed by atoms with E-state index in [9.17, 15) is 21.6 Å². The van der Waals surface area contributed by atoms with Crippen LogP contribution < -0.4 is 5.32 Å². The molecule has 42 heavy (non-hydrogen) atoms. The minimum Gasteiger partial charge on any atom is -0.310 e. The highest BCUT2D eigenvalue weighted by atomic mass is 32.3. The lowest BCUT2D eigenvalue weighted by Crippen LogP contribution is -2.33. The Labute approximate surface area is 257 Å². The molecule has 6 nitrogen and oxygen atoms in total. The van der Waals surface area contributed by atoms with Crippen molar-refractivity contribution in [3.05, 3.63) is 84.5 Å². The number of nitrogens with one attached hydrogen (secondary N) is 1. The molecule has 0 bridgehead atoms. The van der Waals surface area contributed by atoms with Crippen molar-refractivity contribution in [1.82, 2.24) is 5.32 Å². The summed E-state index contributed by atoms with van der Waals surface area (Å²) in [5.74, 6) is -0.989. The highest BCUT2D eigenvalue weighted by molar-refractivity contribution is 7.96. The summed E-state index contributed by atoms with van der Waals surface area (Å²) in [7, 11) is -7.48. The van der Waals surface area contributed by atoms with E-state index in [0.717, 1.165) is 49.9 Å². The van der Waals surface area contributed by atoms with Gasteiger partial charge < -0.3 is 5.32 Å². The normalized spacial score (nSPS) is 19.4. The third-order valence-corrected chi connectivity index (χ3v) is 12.9. The highest BCUT2D eigenvalue weighted by Crippen LogP contribution is 2.43. The smallest absolute Gasteiger partial charge is 0.194 e. The van der Waals surface area contributed by atoms with Crippen molar-refractivity contribution in [2.75, 3.05) is 12.3 Å². The Kier molecular flexibility index (Phi) is 16.3. The molecular formula is C33H47NO5S3. The Hall–Kier alpha value is -2.33. The van der Waals surface area contributed by atoms with Gasteiger partial charge in [0.1, 0.15) is 20.0 Å². The van der Waals surface area contributed by atoms with Gasteiger partial charge in [0.15, 0.2) is 19.7 Å². The van der Waals surface area contributed by atoms with Crippen molar-refractivity contribution < 1.29 is 21.6 Å². The van der Waals surface area contributed by atoms with Crippen molar-refractivity contribution in [1.29, 1.82) is 0 Å². The van der Waals surface area contributed by atoms with Gasteiger partial charge in [0.05, 0.1) is 5.25 Å². The number of carbonyl (C=O) groups is 1. The van der Waals surface area contributed by atoms with Crippen LogP contribution in [-0.4, -0.2) is 40.2 Å². The topological polar surface area (TPSA) is 97.4 Å². The molecule has 1 aliphatic rings. The predicted molar refractivity (Wildman–Crippen MR) is 177 cm³/mol. The van der Waals surface area contributed by atoms with E-state index in [-0.39, 0.29) is 26.7 Å². The van der Waals surface area contributed by atoms with Gasteiger partial charge in [0.25, 0.3) is 0 Å². The zero-order valence-corrected chi connectivity index (χ0v) is 27.7. The van der Waals surface area contributed by atoms with E-state index in [0.29, 0.717) is 24.9 Å². The Balaban J connectivity index is 1.69. The third kappa shape index (κ3) is 12.1. The number of hydrogen-bond acceptors (Lipinski definition) is 7. The summed E-state index contributed by atoms with van der Waals surface area (Å²) in [6, 6.07) is 1.23. The molecule has 0 radical (unpaired) electrons. The van der Waals surface area contributed by atoms with Gasteiger partial charge in [-0.25, -0.2) is 16.8 Å². The van der Waals surface area contributed by atoms with Crippen molar-refractivity contribution in [2.45, 2.75) is 98.3 Å². The van der Waals surface area contributed by atoms with Crippen LogP contribution in [0.5, 0.6) is 0 Å². The van der Waals surface area contributed by atoms with E-state index in [2.05, 4.69) is 73.0 Å². The number of allylic oxidation sites excluding steroid dienone is 12. The summed E-state index contributed by atoms with van der Waals surface area (Å²) in [6.45, 7) is 6.35. The van der Waals surface area contributed by atoms with Gasteiger partial charge in [0.2, 0.25) is 0 Å². The molecular weight excluding hydrogens is 587 g/mol. The first-order valence-corrected chi connectivity index (χ1v) is 18.9. The Morgan fingerprint density at radius 3 is 1.88 bits per heavy atom. The number of sulfone groups is 2. The average Bonchev–Trinajstić information content (AvgIpc) is 3.41. The molecule has 9 heteroatoms. The SMILES string of the molecule is CC/C=C\C/C=C\C/C=C\C/C=C\C/C=C\C/C=C\CCC(=O)CS(=O)(=O)c1cc2c(s1)S(=O)(=O)[C@@H](C)C[C@@H]2NCC. The molecule has 0 spiro atoms. The van der Waals surface area contributed by atoms with Gasteiger partial charge in [-0.05, 0) is 76.5 Å². The zero-order chi connectivity index (χ0) is 30.8. The summed E-state index contributed by atoms with van der Waals surface area (Å²) < 4.78 is 51.6. The first kappa shape index (κ1) is 35.9. The molecule has 1 aromatic rings. The van der Waals surface area contributed by atoms with Crippen molar-refractivity contribution in [3.8, 4) is 0 Å². The number of ketones is 1. The lowest BCUT2D eigenvalue weighted by Gasteiger charge is -2.27. The summed E-state index contributed by atoms with van der Waals surface area (Å²) in [5, 5.41) is 2.66. The number of hydrogen-bond donors (Lipinski definition) is 1. The standard InChI is InChI=1S/C33H47NO5S3/c1-4-6-7-8-9-10-11-12-13-14-15-16-17-18-19-20-21-22-23-24-29(35)27-41(36,37)32-26-30-31(34-5-2)25-28(3)42(38,39)33(30)40-32/h6-7,9-10,12-13,15-16,18-19,21-22,26,28,31,34H,4-5,8,11,14,17,20,23-25,27H2,1-3H3/b7-6-,10-9-,13-12-,16-15-,19-18-,22-21-/t28-,31-/m0/s1. The van der Waals surface area contributed by atoms with Gasteiger partial charge >= 0.3 is 0 Å². The van der Waals surface area contributed by atoms with Crippen LogP contribution in [0.4, 0.5) is 0 Å². The molecule has 0 saturated heterocycles. The molecule has 1 N–H and O–H groups in total. The molecule has 0 unspecified atom stereocenters. The molecule has 232 valence electrons. The maximum absolute atomic E-state index is 13.0. The van der Waals surface area contributed by atoms with Gasteiger partial charge in [-0.1, -0.05) is 86.8 Å². The van der Waals surface area contributed by atoms with Crippen molar-refractivity contribution in [3.63, 3.8) is 0 Å². The minimum absolute atomic E-state index is 0.0460. The van der Waals surface area contributed by atoms with Crippen molar-refractivity contribution >= 4 is 36.8 Å². The molecule has 2 rings (SSSR count). The number of thiophene rings is 1. The summed E-state index contributed by atoms with van der Waals surface area (Å²) in [5.41, 5.74) is 0.504. The van der Waals surface area contributed by atoms with Crippen LogP contribution in [0.2, 0.25) is 0 Å². The van der Waals surface area contributed by atoms with E-state index >= 15 is 0 Å². The van der Waals surface area contributed by atoms with Crippen LogP contribution >= 0.6 is 11.3 Å².